The van der Waals surface area contributed by atoms with Gasteiger partial charge in [0.05, 0.1) is 10.5 Å². The van der Waals surface area contributed by atoms with Crippen molar-refractivity contribution in [3.8, 4) is 12.3 Å². The molecule has 9 nitrogen and oxygen atoms in total. The molecule has 2 aromatic rings. The number of amides is 2. The zero-order valence-electron chi connectivity index (χ0n) is 14.4. The Morgan fingerprint density at radius 3 is 2.14 bits per heavy atom. The van der Waals surface area contributed by atoms with Crippen LogP contribution in [0.4, 0.5) is 11.4 Å². The molecule has 3 N–H and O–H groups in total. The van der Waals surface area contributed by atoms with E-state index in [1.165, 1.54) is 48.5 Å². The Labute approximate surface area is 159 Å². The van der Waals surface area contributed by atoms with Crippen molar-refractivity contribution in [2.75, 3.05) is 5.32 Å². The van der Waals surface area contributed by atoms with Crippen molar-refractivity contribution >= 4 is 29.2 Å². The molecular weight excluding hydrogens is 366 g/mol. The van der Waals surface area contributed by atoms with Gasteiger partial charge >= 0.3 is 5.97 Å². The predicted octanol–water partition coefficient (Wildman–Crippen LogP) is 2.05. The molecule has 0 saturated carbocycles. The molecule has 0 fully saturated rings. The third kappa shape index (κ3) is 5.15. The maximum atomic E-state index is 12.4. The number of non-ortho nitro benzene ring substituents is 1. The number of rotatable bonds is 7. The number of nitrogens with zero attached hydrogens (tertiary/aromatic N) is 1. The summed E-state index contributed by atoms with van der Waals surface area (Å²) >= 11 is 0. The summed E-state index contributed by atoms with van der Waals surface area (Å²) < 4.78 is 0. The van der Waals surface area contributed by atoms with E-state index >= 15 is 0 Å². The number of benzene rings is 2. The highest BCUT2D eigenvalue weighted by molar-refractivity contribution is 6.01. The number of carboxylic acids is 1. The number of nitrogens with one attached hydrogen (secondary N) is 2. The minimum atomic E-state index is -1.10. The molecular formula is C19H15N3O6. The Kier molecular flexibility index (Phi) is 6.44. The Balaban J connectivity index is 2.07. The summed E-state index contributed by atoms with van der Waals surface area (Å²) in [6.45, 7) is 0. The van der Waals surface area contributed by atoms with Crippen LogP contribution in [0.15, 0.2) is 48.5 Å². The van der Waals surface area contributed by atoms with Crippen molar-refractivity contribution in [1.29, 1.82) is 0 Å². The molecule has 2 amide bonds. The van der Waals surface area contributed by atoms with Gasteiger partial charge in [-0.3, -0.25) is 19.7 Å². The third-order valence-electron chi connectivity index (χ3n) is 3.68. The van der Waals surface area contributed by atoms with E-state index in [2.05, 4.69) is 16.6 Å². The molecule has 0 aliphatic heterocycles. The van der Waals surface area contributed by atoms with Gasteiger partial charge in [0.25, 0.3) is 11.6 Å². The zero-order chi connectivity index (χ0) is 20.7. The maximum Gasteiger partial charge on any atom is 0.335 e. The highest BCUT2D eigenvalue weighted by Gasteiger charge is 2.21. The number of nitro benzene ring substituents is 1. The topological polar surface area (TPSA) is 139 Å². The molecule has 9 heteroatoms. The van der Waals surface area contributed by atoms with Gasteiger partial charge in [0.15, 0.2) is 0 Å². The lowest BCUT2D eigenvalue weighted by molar-refractivity contribution is -0.384. The number of terminal acetylenes is 1. The van der Waals surface area contributed by atoms with Gasteiger partial charge in [-0.2, -0.15) is 0 Å². The summed E-state index contributed by atoms with van der Waals surface area (Å²) in [6, 6.07) is 9.30. The van der Waals surface area contributed by atoms with Gasteiger partial charge in [0.2, 0.25) is 5.91 Å². The van der Waals surface area contributed by atoms with E-state index in [9.17, 15) is 24.5 Å². The summed E-state index contributed by atoms with van der Waals surface area (Å²) in [7, 11) is 0. The first-order valence-electron chi connectivity index (χ1n) is 7.95. The zero-order valence-corrected chi connectivity index (χ0v) is 14.4. The average molecular weight is 381 g/mol. The van der Waals surface area contributed by atoms with Crippen LogP contribution in [0.5, 0.6) is 0 Å². The van der Waals surface area contributed by atoms with Crippen LogP contribution < -0.4 is 10.6 Å². The lowest BCUT2D eigenvalue weighted by Gasteiger charge is -2.16. The van der Waals surface area contributed by atoms with Crippen LogP contribution in [-0.2, 0) is 4.79 Å². The van der Waals surface area contributed by atoms with E-state index in [0.29, 0.717) is 5.69 Å². The smallest absolute Gasteiger partial charge is 0.335 e. The quantitative estimate of drug-likeness (QED) is 0.381. The highest BCUT2D eigenvalue weighted by atomic mass is 16.6. The van der Waals surface area contributed by atoms with Crippen LogP contribution in [-0.4, -0.2) is 33.9 Å². The first kappa shape index (κ1) is 20.1. The Morgan fingerprint density at radius 2 is 1.64 bits per heavy atom. The highest BCUT2D eigenvalue weighted by Crippen LogP contribution is 2.13. The van der Waals surface area contributed by atoms with Crippen LogP contribution in [0, 0.1) is 22.5 Å². The fraction of sp³-hybridized carbons (Fsp3) is 0.105. The van der Waals surface area contributed by atoms with Crippen LogP contribution >= 0.6 is 0 Å². The molecule has 0 aromatic heterocycles. The van der Waals surface area contributed by atoms with Crippen LogP contribution in [0.2, 0.25) is 0 Å². The normalized spacial score (nSPS) is 11.0. The Hall–Kier alpha value is -4.19. The summed E-state index contributed by atoms with van der Waals surface area (Å²) in [5, 5.41) is 24.6. The van der Waals surface area contributed by atoms with Gasteiger partial charge in [-0.1, -0.05) is 0 Å². The van der Waals surface area contributed by atoms with E-state index in [1.807, 2.05) is 0 Å². The first-order valence-corrected chi connectivity index (χ1v) is 7.95. The van der Waals surface area contributed by atoms with Crippen molar-refractivity contribution in [1.82, 2.24) is 5.32 Å². The molecule has 0 spiro atoms. The Bertz CT molecular complexity index is 945. The SMILES string of the molecule is C#CC[C@H](NC(=O)c1ccc([N+](=O)[O-])cc1)C(=O)Nc1ccc(C(=O)O)cc1. The molecule has 2 rings (SSSR count). The molecule has 0 unspecified atom stereocenters. The minimum Gasteiger partial charge on any atom is -0.478 e. The molecule has 0 aliphatic rings. The lowest BCUT2D eigenvalue weighted by Crippen LogP contribution is -2.43. The first-order chi connectivity index (χ1) is 13.3. The number of carboxylic acid groups (broad SMARTS) is 1. The fourth-order valence-corrected chi connectivity index (χ4v) is 2.23. The predicted molar refractivity (Wildman–Crippen MR) is 99.8 cm³/mol. The molecule has 0 heterocycles. The second-order valence-corrected chi connectivity index (χ2v) is 5.61. The second kappa shape index (κ2) is 8.95. The number of anilines is 1. The van der Waals surface area contributed by atoms with Crippen LogP contribution in [0.1, 0.15) is 27.1 Å². The van der Waals surface area contributed by atoms with Gasteiger partial charge in [-0.15, -0.1) is 12.3 Å². The van der Waals surface area contributed by atoms with Crippen molar-refractivity contribution in [3.63, 3.8) is 0 Å². The summed E-state index contributed by atoms with van der Waals surface area (Å²) in [6.07, 6.45) is 5.17. The molecule has 0 radical (unpaired) electrons. The fourth-order valence-electron chi connectivity index (χ4n) is 2.23. The summed E-state index contributed by atoms with van der Waals surface area (Å²) in [5.74, 6) is -0.00757. The minimum absolute atomic E-state index is 0.0599. The van der Waals surface area contributed by atoms with E-state index in [0.717, 1.165) is 0 Å². The van der Waals surface area contributed by atoms with E-state index in [-0.39, 0.29) is 23.2 Å². The van der Waals surface area contributed by atoms with E-state index < -0.39 is 28.7 Å². The Morgan fingerprint density at radius 1 is 1.07 bits per heavy atom. The molecule has 0 saturated heterocycles. The van der Waals surface area contributed by atoms with Gasteiger partial charge in [0, 0.05) is 29.8 Å². The number of hydrogen-bond donors (Lipinski definition) is 3. The largest absolute Gasteiger partial charge is 0.478 e. The van der Waals surface area contributed by atoms with Crippen molar-refractivity contribution in [2.45, 2.75) is 12.5 Å². The van der Waals surface area contributed by atoms with E-state index in [4.69, 9.17) is 11.5 Å². The number of nitro groups is 1. The summed E-state index contributed by atoms with van der Waals surface area (Å²) in [4.78, 5) is 45.6. The van der Waals surface area contributed by atoms with Crippen LogP contribution in [0.25, 0.3) is 0 Å². The van der Waals surface area contributed by atoms with Crippen molar-refractivity contribution < 1.29 is 24.4 Å². The standard InChI is InChI=1S/C19H15N3O6/c1-2-3-16(18(24)20-14-8-4-13(5-9-14)19(25)26)21-17(23)12-6-10-15(11-7-12)22(27)28/h1,4-11,16H,3H2,(H,20,24)(H,21,23)(H,25,26)/t16-/m0/s1. The average Bonchev–Trinajstić information content (AvgIpc) is 2.68. The lowest BCUT2D eigenvalue weighted by atomic mass is 10.1. The summed E-state index contributed by atoms with van der Waals surface area (Å²) in [5.41, 5.74) is 0.358. The number of carbonyl (C=O) groups is 3. The third-order valence-corrected chi connectivity index (χ3v) is 3.68. The molecule has 0 aliphatic carbocycles. The second-order valence-electron chi connectivity index (χ2n) is 5.61. The monoisotopic (exact) mass is 381 g/mol. The van der Waals surface area contributed by atoms with Crippen molar-refractivity contribution in [2.24, 2.45) is 0 Å². The van der Waals surface area contributed by atoms with Gasteiger partial charge in [-0.25, -0.2) is 4.79 Å². The number of hydrogen-bond acceptors (Lipinski definition) is 5. The maximum absolute atomic E-state index is 12.4. The van der Waals surface area contributed by atoms with Gasteiger partial charge < -0.3 is 15.7 Å². The number of carbonyl (C=O) groups excluding carboxylic acids is 2. The number of aromatic carboxylic acids is 1. The van der Waals surface area contributed by atoms with Crippen molar-refractivity contribution in [3.05, 3.63) is 69.8 Å². The molecule has 28 heavy (non-hydrogen) atoms. The molecule has 0 bridgehead atoms. The molecule has 142 valence electrons. The van der Waals surface area contributed by atoms with Gasteiger partial charge in [0.1, 0.15) is 6.04 Å². The molecule has 2 aromatic carbocycles. The van der Waals surface area contributed by atoms with Crippen LogP contribution in [0.3, 0.4) is 0 Å². The molecule has 1 atom stereocenters. The van der Waals surface area contributed by atoms with E-state index in [1.54, 1.807) is 0 Å². The van der Waals surface area contributed by atoms with Gasteiger partial charge in [-0.05, 0) is 36.4 Å².